The van der Waals surface area contributed by atoms with Crippen molar-refractivity contribution in [3.05, 3.63) is 35.4 Å². The van der Waals surface area contributed by atoms with Crippen molar-refractivity contribution in [2.75, 3.05) is 6.54 Å². The summed E-state index contributed by atoms with van der Waals surface area (Å²) >= 11 is 0. The van der Waals surface area contributed by atoms with Gasteiger partial charge in [-0.25, -0.2) is 4.99 Å². The van der Waals surface area contributed by atoms with Crippen LogP contribution in [0.1, 0.15) is 50.7 Å². The minimum Gasteiger partial charge on any atom is -0.357 e. The van der Waals surface area contributed by atoms with E-state index in [1.54, 1.807) is 0 Å². The zero-order valence-corrected chi connectivity index (χ0v) is 12.8. The van der Waals surface area contributed by atoms with E-state index in [2.05, 4.69) is 48.7 Å². The predicted molar refractivity (Wildman–Crippen MR) is 86.0 cm³/mol. The van der Waals surface area contributed by atoms with Crippen molar-refractivity contribution in [1.29, 1.82) is 0 Å². The smallest absolute Gasteiger partial charge is 0.191 e. The van der Waals surface area contributed by atoms with E-state index in [0.29, 0.717) is 6.04 Å². The molecule has 0 spiro atoms. The number of hydrogen-bond acceptors (Lipinski definition) is 1. The fraction of sp³-hybridized carbons (Fsp3) is 0.588. The van der Waals surface area contributed by atoms with Gasteiger partial charge in [0.25, 0.3) is 0 Å². The van der Waals surface area contributed by atoms with E-state index in [-0.39, 0.29) is 0 Å². The molecule has 0 atom stereocenters. The molecule has 110 valence electrons. The van der Waals surface area contributed by atoms with Crippen LogP contribution in [0.5, 0.6) is 0 Å². The van der Waals surface area contributed by atoms with Crippen LogP contribution in [0.2, 0.25) is 0 Å². The standard InChI is InChI=1S/C17H27N3/c1-3-14-9-5-6-10-15(14)13-19-17(18-4-2)20-16-11-7-8-12-16/h5-6,9-10,16H,3-4,7-8,11-13H2,1-2H3,(H2,18,19,20). The Morgan fingerprint density at radius 1 is 1.15 bits per heavy atom. The van der Waals surface area contributed by atoms with E-state index in [0.717, 1.165) is 25.5 Å². The molecule has 2 rings (SSSR count). The van der Waals surface area contributed by atoms with Crippen molar-refractivity contribution in [3.8, 4) is 0 Å². The number of benzene rings is 1. The second kappa shape index (κ2) is 7.93. The van der Waals surface area contributed by atoms with E-state index >= 15 is 0 Å². The maximum Gasteiger partial charge on any atom is 0.191 e. The van der Waals surface area contributed by atoms with Crippen LogP contribution in [0, 0.1) is 0 Å². The van der Waals surface area contributed by atoms with Crippen molar-refractivity contribution >= 4 is 5.96 Å². The van der Waals surface area contributed by atoms with E-state index in [9.17, 15) is 0 Å². The number of aryl methyl sites for hydroxylation is 1. The summed E-state index contributed by atoms with van der Waals surface area (Å²) in [5.41, 5.74) is 2.73. The molecule has 2 N–H and O–H groups in total. The lowest BCUT2D eigenvalue weighted by Crippen LogP contribution is -2.42. The van der Waals surface area contributed by atoms with Crippen molar-refractivity contribution in [2.45, 2.75) is 58.5 Å². The number of aliphatic imine (C=N–C) groups is 1. The summed E-state index contributed by atoms with van der Waals surface area (Å²) in [5.74, 6) is 0.963. The largest absolute Gasteiger partial charge is 0.357 e. The number of nitrogens with zero attached hydrogens (tertiary/aromatic N) is 1. The summed E-state index contributed by atoms with van der Waals surface area (Å²) in [7, 11) is 0. The molecule has 1 aromatic carbocycles. The normalized spacial score (nSPS) is 16.4. The average Bonchev–Trinajstić information content (AvgIpc) is 2.98. The number of rotatable bonds is 5. The fourth-order valence-corrected chi connectivity index (χ4v) is 2.80. The molecule has 0 aliphatic heterocycles. The second-order valence-electron chi connectivity index (χ2n) is 5.44. The first kappa shape index (κ1) is 14.9. The molecule has 1 aliphatic carbocycles. The fourth-order valence-electron chi connectivity index (χ4n) is 2.80. The molecule has 20 heavy (non-hydrogen) atoms. The average molecular weight is 273 g/mol. The molecule has 3 nitrogen and oxygen atoms in total. The van der Waals surface area contributed by atoms with Gasteiger partial charge in [0.2, 0.25) is 0 Å². The van der Waals surface area contributed by atoms with Gasteiger partial charge >= 0.3 is 0 Å². The molecule has 1 saturated carbocycles. The molecule has 0 unspecified atom stereocenters. The molecule has 1 aliphatic rings. The highest BCUT2D eigenvalue weighted by Gasteiger charge is 2.15. The van der Waals surface area contributed by atoms with Crippen LogP contribution in [0.15, 0.2) is 29.3 Å². The van der Waals surface area contributed by atoms with Gasteiger partial charge in [0.05, 0.1) is 6.54 Å². The topological polar surface area (TPSA) is 36.4 Å². The molecule has 1 aromatic rings. The molecular formula is C17H27N3. The maximum absolute atomic E-state index is 4.75. The van der Waals surface area contributed by atoms with Crippen LogP contribution >= 0.6 is 0 Å². The van der Waals surface area contributed by atoms with E-state index < -0.39 is 0 Å². The van der Waals surface area contributed by atoms with Gasteiger partial charge in [-0.2, -0.15) is 0 Å². The monoisotopic (exact) mass is 273 g/mol. The van der Waals surface area contributed by atoms with Gasteiger partial charge in [-0.1, -0.05) is 44.0 Å². The summed E-state index contributed by atoms with van der Waals surface area (Å²) in [6, 6.07) is 9.19. The van der Waals surface area contributed by atoms with Gasteiger partial charge in [0, 0.05) is 12.6 Å². The minimum absolute atomic E-state index is 0.606. The molecule has 0 saturated heterocycles. The van der Waals surface area contributed by atoms with Crippen LogP contribution in [-0.4, -0.2) is 18.5 Å². The Balaban J connectivity index is 2.00. The molecule has 0 radical (unpaired) electrons. The van der Waals surface area contributed by atoms with Crippen molar-refractivity contribution in [3.63, 3.8) is 0 Å². The molecule has 3 heteroatoms. The van der Waals surface area contributed by atoms with Crippen LogP contribution in [0.25, 0.3) is 0 Å². The molecule has 0 bridgehead atoms. The minimum atomic E-state index is 0.606. The summed E-state index contributed by atoms with van der Waals surface area (Å²) in [5, 5.41) is 6.92. The Morgan fingerprint density at radius 3 is 2.50 bits per heavy atom. The first-order valence-corrected chi connectivity index (χ1v) is 7.95. The lowest BCUT2D eigenvalue weighted by molar-refractivity contribution is 0.614. The Morgan fingerprint density at radius 2 is 1.85 bits per heavy atom. The lowest BCUT2D eigenvalue weighted by atomic mass is 10.1. The first-order valence-electron chi connectivity index (χ1n) is 7.95. The highest BCUT2D eigenvalue weighted by Crippen LogP contribution is 2.17. The number of guanidine groups is 1. The van der Waals surface area contributed by atoms with Gasteiger partial charge in [-0.05, 0) is 37.3 Å². The Kier molecular flexibility index (Phi) is 5.90. The summed E-state index contributed by atoms with van der Waals surface area (Å²) in [4.78, 5) is 4.75. The Hall–Kier alpha value is -1.51. The van der Waals surface area contributed by atoms with E-state index in [1.165, 1.54) is 36.8 Å². The molecule has 1 fully saturated rings. The van der Waals surface area contributed by atoms with Crippen LogP contribution in [-0.2, 0) is 13.0 Å². The highest BCUT2D eigenvalue weighted by atomic mass is 15.2. The summed E-state index contributed by atoms with van der Waals surface area (Å²) < 4.78 is 0. The number of nitrogens with one attached hydrogen (secondary N) is 2. The second-order valence-corrected chi connectivity index (χ2v) is 5.44. The number of hydrogen-bond donors (Lipinski definition) is 2. The van der Waals surface area contributed by atoms with Gasteiger partial charge in [-0.15, -0.1) is 0 Å². The van der Waals surface area contributed by atoms with Crippen molar-refractivity contribution in [2.24, 2.45) is 4.99 Å². The van der Waals surface area contributed by atoms with Crippen LogP contribution < -0.4 is 10.6 Å². The highest BCUT2D eigenvalue weighted by molar-refractivity contribution is 5.80. The first-order chi connectivity index (χ1) is 9.83. The third-order valence-corrected chi connectivity index (χ3v) is 3.95. The third-order valence-electron chi connectivity index (χ3n) is 3.95. The van der Waals surface area contributed by atoms with Crippen LogP contribution in [0.4, 0.5) is 0 Å². The summed E-state index contributed by atoms with van der Waals surface area (Å²) in [6.45, 7) is 5.98. The van der Waals surface area contributed by atoms with Crippen molar-refractivity contribution in [1.82, 2.24) is 10.6 Å². The molecule has 0 amide bonds. The van der Waals surface area contributed by atoms with Gasteiger partial charge < -0.3 is 10.6 Å². The van der Waals surface area contributed by atoms with Crippen LogP contribution in [0.3, 0.4) is 0 Å². The van der Waals surface area contributed by atoms with Gasteiger partial charge in [-0.3, -0.25) is 0 Å². The Bertz CT molecular complexity index is 434. The third kappa shape index (κ3) is 4.26. The zero-order chi connectivity index (χ0) is 14.2. The molecule has 0 aromatic heterocycles. The zero-order valence-electron chi connectivity index (χ0n) is 12.8. The molecule has 0 heterocycles. The Labute approximate surface area is 122 Å². The van der Waals surface area contributed by atoms with E-state index in [4.69, 9.17) is 4.99 Å². The quantitative estimate of drug-likeness (QED) is 0.638. The predicted octanol–water partition coefficient (Wildman–Crippen LogP) is 3.25. The van der Waals surface area contributed by atoms with Gasteiger partial charge in [0.1, 0.15) is 0 Å². The van der Waals surface area contributed by atoms with Crippen molar-refractivity contribution < 1.29 is 0 Å². The SMILES string of the molecule is CCNC(=NCc1ccccc1CC)NC1CCCC1. The molecular weight excluding hydrogens is 246 g/mol. The van der Waals surface area contributed by atoms with Gasteiger partial charge in [0.15, 0.2) is 5.96 Å². The summed E-state index contributed by atoms with van der Waals surface area (Å²) in [6.07, 6.45) is 6.30. The maximum atomic E-state index is 4.75. The van der Waals surface area contributed by atoms with E-state index in [1.807, 2.05) is 0 Å². The lowest BCUT2D eigenvalue weighted by Gasteiger charge is -2.17.